The fraction of sp³-hybridized carbons (Fsp3) is 0.538. The van der Waals surface area contributed by atoms with Gasteiger partial charge in [-0.25, -0.2) is 4.39 Å². The summed E-state index contributed by atoms with van der Waals surface area (Å²) in [7, 11) is 0. The zero-order valence-electron chi connectivity index (χ0n) is 10.5. The van der Waals surface area contributed by atoms with Gasteiger partial charge in [0.2, 0.25) is 0 Å². The molecular weight excluding hydrogens is 285 g/mol. The molecule has 0 radical (unpaired) electrons. The van der Waals surface area contributed by atoms with Crippen LogP contribution >= 0.6 is 15.9 Å². The second kappa shape index (κ2) is 6.47. The van der Waals surface area contributed by atoms with Crippen molar-refractivity contribution in [2.24, 2.45) is 0 Å². The van der Waals surface area contributed by atoms with Crippen LogP contribution in [-0.2, 0) is 11.3 Å². The summed E-state index contributed by atoms with van der Waals surface area (Å²) < 4.78 is 19.9. The third kappa shape index (κ3) is 5.15. The number of hydrogen-bond donors (Lipinski definition) is 1. The lowest BCUT2D eigenvalue weighted by atomic mass is 10.1. The predicted molar refractivity (Wildman–Crippen MR) is 71.5 cm³/mol. The van der Waals surface area contributed by atoms with Gasteiger partial charge >= 0.3 is 0 Å². The fourth-order valence-corrected chi connectivity index (χ4v) is 2.03. The van der Waals surface area contributed by atoms with Crippen molar-refractivity contribution in [3.8, 4) is 0 Å². The molecule has 1 aromatic rings. The minimum absolute atomic E-state index is 0.185. The molecule has 0 aliphatic carbocycles. The Hall–Kier alpha value is -0.450. The van der Waals surface area contributed by atoms with Crippen molar-refractivity contribution in [2.45, 2.75) is 32.9 Å². The van der Waals surface area contributed by atoms with Gasteiger partial charge in [-0.1, -0.05) is 15.9 Å². The van der Waals surface area contributed by atoms with Gasteiger partial charge in [0.1, 0.15) is 5.82 Å². The van der Waals surface area contributed by atoms with Gasteiger partial charge in [0.05, 0.1) is 5.60 Å². The second-order valence-corrected chi connectivity index (χ2v) is 5.45. The molecule has 4 heteroatoms. The maximum Gasteiger partial charge on any atom is 0.127 e. The van der Waals surface area contributed by atoms with Crippen molar-refractivity contribution in [3.05, 3.63) is 34.1 Å². The maximum atomic E-state index is 13.4. The number of nitrogens with one attached hydrogen (secondary N) is 1. The van der Waals surface area contributed by atoms with Gasteiger partial charge in [-0.05, 0) is 39.0 Å². The van der Waals surface area contributed by atoms with E-state index in [0.29, 0.717) is 25.3 Å². The van der Waals surface area contributed by atoms with E-state index < -0.39 is 0 Å². The average molecular weight is 304 g/mol. The van der Waals surface area contributed by atoms with E-state index >= 15 is 0 Å². The van der Waals surface area contributed by atoms with E-state index in [1.807, 2.05) is 20.8 Å². The first-order valence-corrected chi connectivity index (χ1v) is 6.52. The molecule has 0 amide bonds. The first-order valence-electron chi connectivity index (χ1n) is 5.73. The largest absolute Gasteiger partial charge is 0.375 e. The van der Waals surface area contributed by atoms with Crippen LogP contribution in [0.25, 0.3) is 0 Å². The highest BCUT2D eigenvalue weighted by Gasteiger charge is 2.16. The predicted octanol–water partition coefficient (Wildman–Crippen LogP) is 3.49. The van der Waals surface area contributed by atoms with Crippen LogP contribution in [-0.4, -0.2) is 18.8 Å². The van der Waals surface area contributed by atoms with Gasteiger partial charge in [-0.15, -0.1) is 0 Å². The Labute approximate surface area is 111 Å². The molecule has 0 saturated heterocycles. The number of ether oxygens (including phenoxy) is 1. The Bertz CT molecular complexity index is 368. The Kier molecular flexibility index (Phi) is 5.56. The van der Waals surface area contributed by atoms with Crippen LogP contribution < -0.4 is 5.32 Å². The summed E-state index contributed by atoms with van der Waals surface area (Å²) in [6.45, 7) is 7.87. The van der Waals surface area contributed by atoms with E-state index in [4.69, 9.17) is 4.74 Å². The van der Waals surface area contributed by atoms with E-state index in [0.717, 1.165) is 4.47 Å². The van der Waals surface area contributed by atoms with Gasteiger partial charge in [0.15, 0.2) is 0 Å². The van der Waals surface area contributed by atoms with Gasteiger partial charge < -0.3 is 10.1 Å². The molecule has 0 aliphatic rings. The Morgan fingerprint density at radius 1 is 1.41 bits per heavy atom. The van der Waals surface area contributed by atoms with Crippen LogP contribution in [0.5, 0.6) is 0 Å². The van der Waals surface area contributed by atoms with Crippen LogP contribution in [0.1, 0.15) is 26.3 Å². The molecule has 0 saturated carbocycles. The third-order valence-corrected chi connectivity index (χ3v) is 2.90. The van der Waals surface area contributed by atoms with E-state index in [1.165, 1.54) is 6.07 Å². The second-order valence-electron chi connectivity index (χ2n) is 4.53. The van der Waals surface area contributed by atoms with Crippen molar-refractivity contribution >= 4 is 15.9 Å². The van der Waals surface area contributed by atoms with Crippen LogP contribution in [0.3, 0.4) is 0 Å². The molecule has 0 bridgehead atoms. The van der Waals surface area contributed by atoms with E-state index in [-0.39, 0.29) is 11.4 Å². The summed E-state index contributed by atoms with van der Waals surface area (Å²) in [6.07, 6.45) is 0. The van der Waals surface area contributed by atoms with Crippen LogP contribution in [0.2, 0.25) is 0 Å². The smallest absolute Gasteiger partial charge is 0.127 e. The first kappa shape index (κ1) is 14.6. The molecule has 17 heavy (non-hydrogen) atoms. The molecule has 0 aliphatic heterocycles. The topological polar surface area (TPSA) is 21.3 Å². The first-order chi connectivity index (χ1) is 7.94. The number of halogens is 2. The van der Waals surface area contributed by atoms with Gasteiger partial charge in [-0.2, -0.15) is 0 Å². The summed E-state index contributed by atoms with van der Waals surface area (Å²) in [5, 5.41) is 3.21. The zero-order chi connectivity index (χ0) is 12.9. The monoisotopic (exact) mass is 303 g/mol. The molecule has 96 valence electrons. The van der Waals surface area contributed by atoms with Crippen LogP contribution in [0.15, 0.2) is 22.7 Å². The summed E-state index contributed by atoms with van der Waals surface area (Å²) in [4.78, 5) is 0. The Morgan fingerprint density at radius 2 is 2.12 bits per heavy atom. The molecule has 2 nitrogen and oxygen atoms in total. The number of benzene rings is 1. The van der Waals surface area contributed by atoms with Crippen molar-refractivity contribution < 1.29 is 9.13 Å². The van der Waals surface area contributed by atoms with E-state index in [9.17, 15) is 4.39 Å². The highest BCUT2D eigenvalue weighted by atomic mass is 79.9. The van der Waals surface area contributed by atoms with Gasteiger partial charge in [-0.3, -0.25) is 0 Å². The molecule has 1 rings (SSSR count). The molecule has 0 heterocycles. The summed E-state index contributed by atoms with van der Waals surface area (Å²) in [6, 6.07) is 4.95. The van der Waals surface area contributed by atoms with Gasteiger partial charge in [0, 0.05) is 29.7 Å². The quantitative estimate of drug-likeness (QED) is 0.868. The number of hydrogen-bond acceptors (Lipinski definition) is 2. The van der Waals surface area contributed by atoms with Crippen molar-refractivity contribution in [1.29, 1.82) is 0 Å². The Balaban J connectivity index is 2.48. The lowest BCUT2D eigenvalue weighted by Gasteiger charge is -2.25. The SMILES string of the molecule is CCOC(C)(C)CNCc1cc(Br)ccc1F. The zero-order valence-corrected chi connectivity index (χ0v) is 12.1. The summed E-state index contributed by atoms with van der Waals surface area (Å²) in [5.41, 5.74) is 0.434. The lowest BCUT2D eigenvalue weighted by molar-refractivity contribution is -0.00901. The summed E-state index contributed by atoms with van der Waals surface area (Å²) in [5.74, 6) is -0.185. The van der Waals surface area contributed by atoms with E-state index in [2.05, 4.69) is 21.2 Å². The molecule has 1 N–H and O–H groups in total. The van der Waals surface area contributed by atoms with Crippen molar-refractivity contribution in [2.75, 3.05) is 13.2 Å². The maximum absolute atomic E-state index is 13.4. The van der Waals surface area contributed by atoms with Crippen molar-refractivity contribution in [3.63, 3.8) is 0 Å². The summed E-state index contributed by atoms with van der Waals surface area (Å²) >= 11 is 3.33. The Morgan fingerprint density at radius 3 is 2.76 bits per heavy atom. The molecular formula is C13H19BrFNO. The lowest BCUT2D eigenvalue weighted by Crippen LogP contribution is -2.37. The van der Waals surface area contributed by atoms with Crippen molar-refractivity contribution in [1.82, 2.24) is 5.32 Å². The highest BCUT2D eigenvalue weighted by Crippen LogP contribution is 2.15. The molecule has 0 fully saturated rings. The van der Waals surface area contributed by atoms with Gasteiger partial charge in [0.25, 0.3) is 0 Å². The van der Waals surface area contributed by atoms with E-state index in [1.54, 1.807) is 12.1 Å². The van der Waals surface area contributed by atoms with Crippen LogP contribution in [0, 0.1) is 5.82 Å². The molecule has 0 unspecified atom stereocenters. The minimum atomic E-state index is -0.225. The standard InChI is InChI=1S/C13H19BrFNO/c1-4-17-13(2,3)9-16-8-10-7-11(14)5-6-12(10)15/h5-7,16H,4,8-9H2,1-3H3. The molecule has 0 aromatic heterocycles. The normalized spacial score (nSPS) is 11.8. The highest BCUT2D eigenvalue weighted by molar-refractivity contribution is 9.10. The van der Waals surface area contributed by atoms with Crippen LogP contribution in [0.4, 0.5) is 4.39 Å². The minimum Gasteiger partial charge on any atom is -0.375 e. The third-order valence-electron chi connectivity index (χ3n) is 2.41. The molecule has 0 atom stereocenters. The number of rotatable bonds is 6. The fourth-order valence-electron chi connectivity index (χ4n) is 1.62. The molecule has 1 aromatic carbocycles. The molecule has 0 spiro atoms. The average Bonchev–Trinajstić information content (AvgIpc) is 2.23.